The van der Waals surface area contributed by atoms with Gasteiger partial charge in [-0.25, -0.2) is 4.79 Å². The van der Waals surface area contributed by atoms with Gasteiger partial charge in [-0.3, -0.25) is 0 Å². The summed E-state index contributed by atoms with van der Waals surface area (Å²) < 4.78 is 0. The zero-order valence-corrected chi connectivity index (χ0v) is 11.3. The fourth-order valence-corrected chi connectivity index (χ4v) is 1.98. The van der Waals surface area contributed by atoms with E-state index in [1.807, 2.05) is 62.3 Å². The Kier molecular flexibility index (Phi) is 3.56. The molecule has 0 bridgehead atoms. The summed E-state index contributed by atoms with van der Waals surface area (Å²) in [4.78, 5) is 13.2. The summed E-state index contributed by atoms with van der Waals surface area (Å²) in [5, 5.41) is 9.15. The van der Waals surface area contributed by atoms with E-state index in [0.717, 1.165) is 22.4 Å². The average molecular weight is 255 g/mol. The number of carboxylic acids is 1. The molecule has 0 aliphatic carbocycles. The van der Waals surface area contributed by atoms with Crippen LogP contribution in [0.15, 0.2) is 42.5 Å². The molecule has 0 aliphatic rings. The van der Waals surface area contributed by atoms with Crippen molar-refractivity contribution in [2.24, 2.45) is 0 Å². The highest BCUT2D eigenvalue weighted by Crippen LogP contribution is 2.24. The van der Waals surface area contributed by atoms with Crippen molar-refractivity contribution < 1.29 is 9.90 Å². The highest BCUT2D eigenvalue weighted by atomic mass is 16.4. The summed E-state index contributed by atoms with van der Waals surface area (Å²) >= 11 is 0. The molecule has 0 atom stereocenters. The van der Waals surface area contributed by atoms with Crippen molar-refractivity contribution in [1.82, 2.24) is 0 Å². The van der Waals surface area contributed by atoms with Crippen molar-refractivity contribution in [1.29, 1.82) is 0 Å². The number of rotatable bonds is 3. The second-order valence-electron chi connectivity index (χ2n) is 4.78. The third kappa shape index (κ3) is 2.76. The van der Waals surface area contributed by atoms with Crippen molar-refractivity contribution in [2.75, 3.05) is 19.0 Å². The second kappa shape index (κ2) is 5.14. The minimum Gasteiger partial charge on any atom is -0.478 e. The van der Waals surface area contributed by atoms with Crippen LogP contribution in [0, 0.1) is 6.92 Å². The van der Waals surface area contributed by atoms with E-state index < -0.39 is 5.97 Å². The van der Waals surface area contributed by atoms with E-state index >= 15 is 0 Å². The van der Waals surface area contributed by atoms with Crippen LogP contribution >= 0.6 is 0 Å². The number of hydrogen-bond donors (Lipinski definition) is 1. The lowest BCUT2D eigenvalue weighted by Gasteiger charge is -2.13. The smallest absolute Gasteiger partial charge is 0.335 e. The van der Waals surface area contributed by atoms with E-state index in [-0.39, 0.29) is 0 Å². The molecule has 98 valence electrons. The first-order valence-corrected chi connectivity index (χ1v) is 6.11. The summed E-state index contributed by atoms with van der Waals surface area (Å²) in [6.07, 6.45) is 0. The van der Waals surface area contributed by atoms with Crippen LogP contribution in [0.1, 0.15) is 15.9 Å². The Morgan fingerprint density at radius 1 is 1.00 bits per heavy atom. The van der Waals surface area contributed by atoms with Gasteiger partial charge in [0.25, 0.3) is 0 Å². The third-order valence-corrected chi connectivity index (χ3v) is 3.19. The monoisotopic (exact) mass is 255 g/mol. The van der Waals surface area contributed by atoms with Crippen LogP contribution in [-0.2, 0) is 0 Å². The van der Waals surface area contributed by atoms with Crippen LogP contribution in [0.4, 0.5) is 5.69 Å². The van der Waals surface area contributed by atoms with E-state index in [1.165, 1.54) is 0 Å². The summed E-state index contributed by atoms with van der Waals surface area (Å²) in [6, 6.07) is 13.6. The van der Waals surface area contributed by atoms with Crippen LogP contribution in [0.5, 0.6) is 0 Å². The number of aromatic carboxylic acids is 1. The van der Waals surface area contributed by atoms with Crippen LogP contribution in [0.25, 0.3) is 11.1 Å². The Bertz CT molecular complexity index is 601. The van der Waals surface area contributed by atoms with Gasteiger partial charge in [-0.2, -0.15) is 0 Å². The predicted molar refractivity (Wildman–Crippen MR) is 77.9 cm³/mol. The van der Waals surface area contributed by atoms with Crippen LogP contribution < -0.4 is 4.90 Å². The molecule has 0 amide bonds. The molecule has 2 aromatic rings. The molecule has 0 unspecified atom stereocenters. The zero-order valence-electron chi connectivity index (χ0n) is 11.3. The maximum absolute atomic E-state index is 11.1. The van der Waals surface area contributed by atoms with E-state index in [2.05, 4.69) is 0 Å². The molecular formula is C16H17NO2. The molecular weight excluding hydrogens is 238 g/mol. The van der Waals surface area contributed by atoms with Gasteiger partial charge in [0.05, 0.1) is 5.56 Å². The van der Waals surface area contributed by atoms with Gasteiger partial charge < -0.3 is 10.0 Å². The molecule has 19 heavy (non-hydrogen) atoms. The van der Waals surface area contributed by atoms with Gasteiger partial charge in [-0.15, -0.1) is 0 Å². The summed E-state index contributed by atoms with van der Waals surface area (Å²) in [5.74, 6) is -0.885. The highest BCUT2D eigenvalue weighted by molar-refractivity contribution is 5.91. The number of carboxylic acid groups (broad SMARTS) is 1. The topological polar surface area (TPSA) is 40.5 Å². The van der Waals surface area contributed by atoms with Crippen molar-refractivity contribution in [3.8, 4) is 11.1 Å². The molecule has 2 rings (SSSR count). The van der Waals surface area contributed by atoms with Gasteiger partial charge >= 0.3 is 5.97 Å². The summed E-state index contributed by atoms with van der Waals surface area (Å²) in [5.41, 5.74) is 4.20. The van der Waals surface area contributed by atoms with E-state index in [4.69, 9.17) is 5.11 Å². The van der Waals surface area contributed by atoms with Gasteiger partial charge in [0.1, 0.15) is 0 Å². The molecule has 1 N–H and O–H groups in total. The van der Waals surface area contributed by atoms with Gasteiger partial charge in [-0.05, 0) is 41.8 Å². The van der Waals surface area contributed by atoms with Gasteiger partial charge in [0, 0.05) is 19.8 Å². The average Bonchev–Trinajstić information content (AvgIpc) is 2.39. The molecule has 0 aliphatic heterocycles. The normalized spacial score (nSPS) is 10.3. The van der Waals surface area contributed by atoms with E-state index in [0.29, 0.717) is 5.56 Å². The first-order valence-electron chi connectivity index (χ1n) is 6.11. The van der Waals surface area contributed by atoms with Crippen LogP contribution in [-0.4, -0.2) is 25.2 Å². The Morgan fingerprint density at radius 3 is 2.11 bits per heavy atom. The molecule has 2 aromatic carbocycles. The van der Waals surface area contributed by atoms with Gasteiger partial charge in [0.2, 0.25) is 0 Å². The lowest BCUT2D eigenvalue weighted by Crippen LogP contribution is -2.07. The van der Waals surface area contributed by atoms with Crippen molar-refractivity contribution in [3.63, 3.8) is 0 Å². The lowest BCUT2D eigenvalue weighted by atomic mass is 9.99. The third-order valence-electron chi connectivity index (χ3n) is 3.19. The largest absolute Gasteiger partial charge is 0.478 e. The number of hydrogen-bond acceptors (Lipinski definition) is 2. The highest BCUT2D eigenvalue weighted by Gasteiger charge is 2.08. The molecule has 0 fully saturated rings. The standard InChI is InChI=1S/C16H17NO2/c1-11-4-5-13(10-15(11)16(18)19)12-6-8-14(9-7-12)17(2)3/h4-10H,1-3H3,(H,18,19). The lowest BCUT2D eigenvalue weighted by molar-refractivity contribution is 0.0696. The zero-order chi connectivity index (χ0) is 14.0. The number of aryl methyl sites for hydroxylation is 1. The Hall–Kier alpha value is -2.29. The quantitative estimate of drug-likeness (QED) is 0.913. The molecule has 0 radical (unpaired) electrons. The molecule has 0 aromatic heterocycles. The summed E-state index contributed by atoms with van der Waals surface area (Å²) in [7, 11) is 3.98. The first kappa shape index (κ1) is 13.1. The second-order valence-corrected chi connectivity index (χ2v) is 4.78. The summed E-state index contributed by atoms with van der Waals surface area (Å²) in [6.45, 7) is 1.81. The molecule has 0 saturated carbocycles. The number of carbonyl (C=O) groups is 1. The van der Waals surface area contributed by atoms with Gasteiger partial charge in [-0.1, -0.05) is 24.3 Å². The fraction of sp³-hybridized carbons (Fsp3) is 0.188. The van der Waals surface area contributed by atoms with E-state index in [1.54, 1.807) is 6.07 Å². The number of anilines is 1. The SMILES string of the molecule is Cc1ccc(-c2ccc(N(C)C)cc2)cc1C(=O)O. The van der Waals surface area contributed by atoms with E-state index in [9.17, 15) is 4.79 Å². The maximum Gasteiger partial charge on any atom is 0.335 e. The maximum atomic E-state index is 11.1. The fourth-order valence-electron chi connectivity index (χ4n) is 1.98. The molecule has 0 spiro atoms. The Labute approximate surface area is 113 Å². The van der Waals surface area contributed by atoms with Crippen molar-refractivity contribution in [3.05, 3.63) is 53.6 Å². The molecule has 3 heteroatoms. The van der Waals surface area contributed by atoms with Gasteiger partial charge in [0.15, 0.2) is 0 Å². The molecule has 0 heterocycles. The number of nitrogens with zero attached hydrogens (tertiary/aromatic N) is 1. The predicted octanol–water partition coefficient (Wildman–Crippen LogP) is 3.43. The van der Waals surface area contributed by atoms with Crippen LogP contribution in [0.2, 0.25) is 0 Å². The Balaban J connectivity index is 2.41. The molecule has 0 saturated heterocycles. The van der Waals surface area contributed by atoms with Crippen molar-refractivity contribution in [2.45, 2.75) is 6.92 Å². The van der Waals surface area contributed by atoms with Crippen LogP contribution in [0.3, 0.4) is 0 Å². The molecule has 3 nitrogen and oxygen atoms in total. The number of benzene rings is 2. The minimum absolute atomic E-state index is 0.356. The Morgan fingerprint density at radius 2 is 1.58 bits per heavy atom. The van der Waals surface area contributed by atoms with Crippen molar-refractivity contribution >= 4 is 11.7 Å². The first-order chi connectivity index (χ1) is 8.99. The minimum atomic E-state index is -0.885.